The van der Waals surface area contributed by atoms with Gasteiger partial charge in [0.05, 0.1) is 17.9 Å². The van der Waals surface area contributed by atoms with Gasteiger partial charge in [0.2, 0.25) is 0 Å². The maximum Gasteiger partial charge on any atom is 0.407 e. The summed E-state index contributed by atoms with van der Waals surface area (Å²) in [5.74, 6) is 0.517. The van der Waals surface area contributed by atoms with Gasteiger partial charge in [-0.25, -0.2) is 4.79 Å². The first-order valence-corrected chi connectivity index (χ1v) is 7.18. The Morgan fingerprint density at radius 1 is 1.43 bits per heavy atom. The number of aldehydes is 1. The predicted octanol–water partition coefficient (Wildman–Crippen LogP) is 2.09. The number of amides is 1. The number of nitrogens with zero attached hydrogens (tertiary/aromatic N) is 3. The molecule has 1 aliphatic heterocycles. The maximum atomic E-state index is 10.9. The summed E-state index contributed by atoms with van der Waals surface area (Å²) in [6.45, 7) is 0.827. The summed E-state index contributed by atoms with van der Waals surface area (Å²) in [7, 11) is 0. The van der Waals surface area contributed by atoms with E-state index >= 15 is 0 Å². The van der Waals surface area contributed by atoms with Crippen molar-refractivity contribution in [3.05, 3.63) is 42.1 Å². The smallest absolute Gasteiger partial charge is 0.407 e. The molecule has 1 fully saturated rings. The molecule has 0 saturated carbocycles. The molecular formula is C16H15N3O4. The van der Waals surface area contributed by atoms with E-state index < -0.39 is 6.09 Å². The SMILES string of the molecule is O=Cc1cccc(-c2cc(OCC3CCN3C(=O)O)cnn2)c1. The van der Waals surface area contributed by atoms with Crippen molar-refractivity contribution in [3.8, 4) is 17.0 Å². The van der Waals surface area contributed by atoms with Gasteiger partial charge >= 0.3 is 6.09 Å². The second kappa shape index (κ2) is 6.43. The molecule has 0 aliphatic carbocycles. The quantitative estimate of drug-likeness (QED) is 0.850. The number of hydrogen-bond donors (Lipinski definition) is 1. The minimum absolute atomic E-state index is 0.123. The summed E-state index contributed by atoms with van der Waals surface area (Å²) in [5, 5.41) is 16.9. The Morgan fingerprint density at radius 2 is 2.30 bits per heavy atom. The fourth-order valence-electron chi connectivity index (χ4n) is 2.40. The monoisotopic (exact) mass is 313 g/mol. The molecule has 118 valence electrons. The van der Waals surface area contributed by atoms with Gasteiger partial charge in [0, 0.05) is 23.7 Å². The van der Waals surface area contributed by atoms with Crippen molar-refractivity contribution >= 4 is 12.4 Å². The number of aromatic nitrogens is 2. The van der Waals surface area contributed by atoms with Gasteiger partial charge < -0.3 is 14.7 Å². The maximum absolute atomic E-state index is 10.9. The molecule has 1 atom stereocenters. The Labute approximate surface area is 132 Å². The van der Waals surface area contributed by atoms with Crippen molar-refractivity contribution in [3.63, 3.8) is 0 Å². The number of rotatable bonds is 5. The summed E-state index contributed by atoms with van der Waals surface area (Å²) in [5.41, 5.74) is 1.92. The third kappa shape index (κ3) is 3.28. The molecule has 1 aliphatic rings. The zero-order valence-electron chi connectivity index (χ0n) is 12.3. The fourth-order valence-corrected chi connectivity index (χ4v) is 2.40. The number of carbonyl (C=O) groups is 2. The van der Waals surface area contributed by atoms with Crippen molar-refractivity contribution in [2.75, 3.05) is 13.2 Å². The van der Waals surface area contributed by atoms with Crippen LogP contribution in [0.4, 0.5) is 4.79 Å². The number of carboxylic acid groups (broad SMARTS) is 1. The fraction of sp³-hybridized carbons (Fsp3) is 0.250. The van der Waals surface area contributed by atoms with Gasteiger partial charge in [0.15, 0.2) is 0 Å². The molecule has 1 saturated heterocycles. The van der Waals surface area contributed by atoms with Crippen LogP contribution in [0.3, 0.4) is 0 Å². The van der Waals surface area contributed by atoms with E-state index in [0.717, 1.165) is 18.3 Å². The number of likely N-dealkylation sites (tertiary alicyclic amines) is 1. The second-order valence-corrected chi connectivity index (χ2v) is 5.25. The summed E-state index contributed by atoms with van der Waals surface area (Å²) < 4.78 is 5.63. The highest BCUT2D eigenvalue weighted by atomic mass is 16.5. The standard InChI is InChI=1S/C16H15N3O4/c20-9-11-2-1-3-12(6-11)15-7-14(8-17-18-15)23-10-13-4-5-19(13)16(21)22/h1-3,6-9,13H,4-5,10H2,(H,21,22). The van der Waals surface area contributed by atoms with Gasteiger partial charge in [0.1, 0.15) is 18.6 Å². The van der Waals surface area contributed by atoms with Crippen LogP contribution >= 0.6 is 0 Å². The minimum Gasteiger partial charge on any atom is -0.490 e. The number of ether oxygens (including phenoxy) is 1. The van der Waals surface area contributed by atoms with Crippen molar-refractivity contribution < 1.29 is 19.4 Å². The summed E-state index contributed by atoms with van der Waals surface area (Å²) in [6, 6.07) is 8.63. The largest absolute Gasteiger partial charge is 0.490 e. The number of carbonyl (C=O) groups excluding carboxylic acids is 1. The lowest BCUT2D eigenvalue weighted by Crippen LogP contribution is -2.53. The molecule has 7 nitrogen and oxygen atoms in total. The Bertz CT molecular complexity index is 735. The predicted molar refractivity (Wildman–Crippen MR) is 81.5 cm³/mol. The molecule has 1 unspecified atom stereocenters. The zero-order chi connectivity index (χ0) is 16.2. The lowest BCUT2D eigenvalue weighted by molar-refractivity contribution is 0.0498. The van der Waals surface area contributed by atoms with Crippen LogP contribution in [-0.2, 0) is 0 Å². The van der Waals surface area contributed by atoms with E-state index in [0.29, 0.717) is 23.6 Å². The molecule has 2 heterocycles. The van der Waals surface area contributed by atoms with Crippen molar-refractivity contribution in [1.29, 1.82) is 0 Å². The molecule has 7 heteroatoms. The van der Waals surface area contributed by atoms with Crippen LogP contribution in [-0.4, -0.2) is 51.8 Å². The van der Waals surface area contributed by atoms with Crippen molar-refractivity contribution in [2.45, 2.75) is 12.5 Å². The molecule has 1 N–H and O–H groups in total. The summed E-state index contributed by atoms with van der Waals surface area (Å²) in [4.78, 5) is 23.1. The first-order chi connectivity index (χ1) is 11.2. The molecule has 0 spiro atoms. The average molecular weight is 313 g/mol. The van der Waals surface area contributed by atoms with Gasteiger partial charge in [-0.2, -0.15) is 10.2 Å². The van der Waals surface area contributed by atoms with Crippen LogP contribution in [0.5, 0.6) is 5.75 Å². The molecule has 1 aromatic carbocycles. The zero-order valence-corrected chi connectivity index (χ0v) is 12.3. The Balaban J connectivity index is 1.70. The highest BCUT2D eigenvalue weighted by Gasteiger charge is 2.32. The summed E-state index contributed by atoms with van der Waals surface area (Å²) in [6.07, 6.45) is 2.12. The van der Waals surface area contributed by atoms with Gasteiger partial charge in [-0.05, 0) is 12.5 Å². The minimum atomic E-state index is -0.927. The topological polar surface area (TPSA) is 92.6 Å². The Morgan fingerprint density at radius 3 is 3.00 bits per heavy atom. The van der Waals surface area contributed by atoms with E-state index in [1.807, 2.05) is 6.07 Å². The molecule has 0 bridgehead atoms. The van der Waals surface area contributed by atoms with Gasteiger partial charge in [0.25, 0.3) is 0 Å². The van der Waals surface area contributed by atoms with E-state index in [-0.39, 0.29) is 12.6 Å². The molecule has 2 aromatic rings. The summed E-state index contributed by atoms with van der Waals surface area (Å²) >= 11 is 0. The molecule has 0 radical (unpaired) electrons. The molecule has 1 amide bonds. The lowest BCUT2D eigenvalue weighted by Gasteiger charge is -2.38. The number of hydrogen-bond acceptors (Lipinski definition) is 5. The van der Waals surface area contributed by atoms with E-state index in [1.165, 1.54) is 11.1 Å². The van der Waals surface area contributed by atoms with E-state index in [1.54, 1.807) is 24.3 Å². The molecule has 3 rings (SSSR count). The van der Waals surface area contributed by atoms with Crippen LogP contribution < -0.4 is 4.74 Å². The van der Waals surface area contributed by atoms with Gasteiger partial charge in [-0.1, -0.05) is 18.2 Å². The molecule has 23 heavy (non-hydrogen) atoms. The second-order valence-electron chi connectivity index (χ2n) is 5.25. The van der Waals surface area contributed by atoms with Gasteiger partial charge in [-0.15, -0.1) is 0 Å². The third-order valence-electron chi connectivity index (χ3n) is 3.78. The Hall–Kier alpha value is -2.96. The Kier molecular flexibility index (Phi) is 4.18. The van der Waals surface area contributed by atoms with Crippen LogP contribution in [0.1, 0.15) is 16.8 Å². The normalized spacial score (nSPS) is 16.5. The average Bonchev–Trinajstić information content (AvgIpc) is 2.54. The van der Waals surface area contributed by atoms with Crippen molar-refractivity contribution in [2.24, 2.45) is 0 Å². The van der Waals surface area contributed by atoms with Crippen LogP contribution in [0.2, 0.25) is 0 Å². The highest BCUT2D eigenvalue weighted by molar-refractivity contribution is 5.78. The first-order valence-electron chi connectivity index (χ1n) is 7.18. The lowest BCUT2D eigenvalue weighted by atomic mass is 10.1. The van der Waals surface area contributed by atoms with E-state index in [9.17, 15) is 9.59 Å². The van der Waals surface area contributed by atoms with Crippen molar-refractivity contribution in [1.82, 2.24) is 15.1 Å². The third-order valence-corrected chi connectivity index (χ3v) is 3.78. The first kappa shape index (κ1) is 15.0. The van der Waals surface area contributed by atoms with Crippen LogP contribution in [0.25, 0.3) is 11.3 Å². The van der Waals surface area contributed by atoms with Gasteiger partial charge in [-0.3, -0.25) is 4.79 Å². The van der Waals surface area contributed by atoms with E-state index in [2.05, 4.69) is 10.2 Å². The molecular weight excluding hydrogens is 298 g/mol. The highest BCUT2D eigenvalue weighted by Crippen LogP contribution is 2.23. The van der Waals surface area contributed by atoms with Crippen LogP contribution in [0, 0.1) is 0 Å². The van der Waals surface area contributed by atoms with Crippen LogP contribution in [0.15, 0.2) is 36.5 Å². The number of benzene rings is 1. The molecule has 1 aromatic heterocycles. The van der Waals surface area contributed by atoms with E-state index in [4.69, 9.17) is 9.84 Å².